The van der Waals surface area contributed by atoms with Gasteiger partial charge in [0.15, 0.2) is 0 Å². The number of hydrogen-bond donors (Lipinski definition) is 2. The van der Waals surface area contributed by atoms with E-state index in [9.17, 15) is 14.3 Å². The molecule has 1 aromatic carbocycles. The van der Waals surface area contributed by atoms with Gasteiger partial charge in [0.2, 0.25) is 5.91 Å². The Morgan fingerprint density at radius 1 is 1.36 bits per heavy atom. The molecule has 2 N–H and O–H groups in total. The van der Waals surface area contributed by atoms with Gasteiger partial charge in [-0.15, -0.1) is 0 Å². The quantitative estimate of drug-likeness (QED) is 0.825. The second-order valence-electron chi connectivity index (χ2n) is 5.57. The number of carbonyl (C=O) groups excluding carboxylic acids is 1. The van der Waals surface area contributed by atoms with Crippen LogP contribution in [0.15, 0.2) is 24.3 Å². The van der Waals surface area contributed by atoms with Crippen molar-refractivity contribution in [2.45, 2.75) is 25.5 Å². The van der Waals surface area contributed by atoms with E-state index < -0.39 is 6.10 Å². The number of carbonyl (C=O) groups is 1. The number of hydrogen-bond acceptors (Lipinski definition) is 4. The number of aliphatic hydroxyl groups is 1. The van der Waals surface area contributed by atoms with E-state index in [2.05, 4.69) is 5.32 Å². The molecule has 1 saturated heterocycles. The second kappa shape index (κ2) is 8.22. The fraction of sp³-hybridized carbons (Fsp3) is 0.562. The fourth-order valence-corrected chi connectivity index (χ4v) is 2.39. The zero-order valence-electron chi connectivity index (χ0n) is 12.8. The molecule has 0 aliphatic carbocycles. The minimum Gasteiger partial charge on any atom is -0.387 e. The summed E-state index contributed by atoms with van der Waals surface area (Å²) in [6.45, 7) is 4.71. The first kappa shape index (κ1) is 16.9. The van der Waals surface area contributed by atoms with Crippen LogP contribution in [0.5, 0.6) is 0 Å². The molecule has 1 amide bonds. The Bertz CT molecular complexity index is 475. The number of ether oxygens (including phenoxy) is 1. The minimum absolute atomic E-state index is 0.0366. The van der Waals surface area contributed by atoms with Crippen LogP contribution in [0.1, 0.15) is 25.0 Å². The van der Waals surface area contributed by atoms with Gasteiger partial charge in [-0.05, 0) is 24.6 Å². The highest BCUT2D eigenvalue weighted by Gasteiger charge is 2.19. The van der Waals surface area contributed by atoms with Crippen LogP contribution < -0.4 is 5.32 Å². The van der Waals surface area contributed by atoms with Gasteiger partial charge in [-0.1, -0.05) is 12.1 Å². The van der Waals surface area contributed by atoms with Crippen molar-refractivity contribution >= 4 is 5.91 Å². The summed E-state index contributed by atoms with van der Waals surface area (Å²) in [6.07, 6.45) is -0.336. The minimum atomic E-state index is -0.721. The molecule has 1 heterocycles. The number of benzene rings is 1. The van der Waals surface area contributed by atoms with Crippen LogP contribution >= 0.6 is 0 Å². The SMILES string of the molecule is CC(CC(=O)N1CCOCC1)NCC(O)c1ccc(F)cc1. The highest BCUT2D eigenvalue weighted by Crippen LogP contribution is 2.13. The first-order valence-corrected chi connectivity index (χ1v) is 7.58. The van der Waals surface area contributed by atoms with Crippen molar-refractivity contribution in [3.05, 3.63) is 35.6 Å². The number of amides is 1. The van der Waals surface area contributed by atoms with E-state index in [-0.39, 0.29) is 17.8 Å². The monoisotopic (exact) mass is 310 g/mol. The average Bonchev–Trinajstić information content (AvgIpc) is 2.54. The summed E-state index contributed by atoms with van der Waals surface area (Å²) in [5, 5.41) is 13.2. The van der Waals surface area contributed by atoms with Gasteiger partial charge in [0, 0.05) is 32.1 Å². The molecule has 0 bridgehead atoms. The Morgan fingerprint density at radius 2 is 2.00 bits per heavy atom. The van der Waals surface area contributed by atoms with Crippen molar-refractivity contribution in [2.75, 3.05) is 32.8 Å². The second-order valence-corrected chi connectivity index (χ2v) is 5.57. The molecule has 6 heteroatoms. The van der Waals surface area contributed by atoms with E-state index in [1.54, 1.807) is 17.0 Å². The lowest BCUT2D eigenvalue weighted by atomic mass is 10.1. The van der Waals surface area contributed by atoms with Gasteiger partial charge in [-0.3, -0.25) is 4.79 Å². The lowest BCUT2D eigenvalue weighted by Gasteiger charge is -2.28. The van der Waals surface area contributed by atoms with Gasteiger partial charge in [-0.25, -0.2) is 4.39 Å². The molecular formula is C16H23FN2O3. The predicted octanol–water partition coefficient (Wildman–Crippen LogP) is 1.09. The molecule has 5 nitrogen and oxygen atoms in total. The molecule has 0 radical (unpaired) electrons. The summed E-state index contributed by atoms with van der Waals surface area (Å²) in [5.74, 6) is -0.229. The van der Waals surface area contributed by atoms with Gasteiger partial charge >= 0.3 is 0 Å². The molecular weight excluding hydrogens is 287 g/mol. The number of rotatable bonds is 6. The normalized spacial score (nSPS) is 18.0. The van der Waals surface area contributed by atoms with Crippen LogP contribution in [-0.2, 0) is 9.53 Å². The van der Waals surface area contributed by atoms with Crippen LogP contribution in [0.3, 0.4) is 0 Å². The van der Waals surface area contributed by atoms with Crippen LogP contribution in [0.25, 0.3) is 0 Å². The molecule has 0 aromatic heterocycles. The number of nitrogens with zero attached hydrogens (tertiary/aromatic N) is 1. The maximum Gasteiger partial charge on any atom is 0.224 e. The van der Waals surface area contributed by atoms with Crippen molar-refractivity contribution in [3.8, 4) is 0 Å². The Labute approximate surface area is 130 Å². The molecule has 1 aliphatic heterocycles. The topological polar surface area (TPSA) is 61.8 Å². The van der Waals surface area contributed by atoms with Crippen molar-refractivity contribution in [2.24, 2.45) is 0 Å². The molecule has 1 fully saturated rings. The van der Waals surface area contributed by atoms with Gasteiger partial charge in [0.1, 0.15) is 5.82 Å². The fourth-order valence-electron chi connectivity index (χ4n) is 2.39. The highest BCUT2D eigenvalue weighted by atomic mass is 19.1. The summed E-state index contributed by atoms with van der Waals surface area (Å²) in [5.41, 5.74) is 0.653. The van der Waals surface area contributed by atoms with E-state index in [4.69, 9.17) is 4.74 Å². The summed E-state index contributed by atoms with van der Waals surface area (Å²) in [4.78, 5) is 13.9. The summed E-state index contributed by atoms with van der Waals surface area (Å²) in [6, 6.07) is 5.73. The summed E-state index contributed by atoms with van der Waals surface area (Å²) < 4.78 is 18.1. The third kappa shape index (κ3) is 5.05. The Kier molecular flexibility index (Phi) is 6.30. The lowest BCUT2D eigenvalue weighted by molar-refractivity contribution is -0.135. The molecule has 1 aliphatic rings. The predicted molar refractivity (Wildman–Crippen MR) is 80.8 cm³/mol. The maximum atomic E-state index is 12.8. The van der Waals surface area contributed by atoms with Crippen molar-refractivity contribution in [1.29, 1.82) is 0 Å². The zero-order valence-corrected chi connectivity index (χ0v) is 12.8. The van der Waals surface area contributed by atoms with Crippen molar-refractivity contribution in [3.63, 3.8) is 0 Å². The number of nitrogens with one attached hydrogen (secondary N) is 1. The van der Waals surface area contributed by atoms with Gasteiger partial charge in [0.25, 0.3) is 0 Å². The smallest absolute Gasteiger partial charge is 0.224 e. The van der Waals surface area contributed by atoms with Crippen LogP contribution in [-0.4, -0.2) is 54.8 Å². The first-order valence-electron chi connectivity index (χ1n) is 7.58. The molecule has 22 heavy (non-hydrogen) atoms. The molecule has 0 spiro atoms. The maximum absolute atomic E-state index is 12.8. The number of aliphatic hydroxyl groups excluding tert-OH is 1. The van der Waals surface area contributed by atoms with Crippen LogP contribution in [0.2, 0.25) is 0 Å². The van der Waals surface area contributed by atoms with E-state index in [1.165, 1.54) is 12.1 Å². The lowest BCUT2D eigenvalue weighted by Crippen LogP contribution is -2.43. The summed E-state index contributed by atoms with van der Waals surface area (Å²) >= 11 is 0. The molecule has 0 saturated carbocycles. The Balaban J connectivity index is 1.73. The Hall–Kier alpha value is -1.50. The van der Waals surface area contributed by atoms with Crippen LogP contribution in [0.4, 0.5) is 4.39 Å². The molecule has 2 rings (SSSR count). The van der Waals surface area contributed by atoms with Crippen molar-refractivity contribution in [1.82, 2.24) is 10.2 Å². The zero-order chi connectivity index (χ0) is 15.9. The molecule has 2 unspecified atom stereocenters. The third-order valence-electron chi connectivity index (χ3n) is 3.76. The standard InChI is InChI=1S/C16H23FN2O3/c1-12(10-16(21)19-6-8-22-9-7-19)18-11-15(20)13-2-4-14(17)5-3-13/h2-5,12,15,18,20H,6-11H2,1H3. The van der Waals surface area contributed by atoms with Gasteiger partial charge < -0.3 is 20.1 Å². The van der Waals surface area contributed by atoms with Gasteiger partial charge in [0.05, 0.1) is 19.3 Å². The van der Waals surface area contributed by atoms with Crippen LogP contribution in [0, 0.1) is 5.82 Å². The van der Waals surface area contributed by atoms with Gasteiger partial charge in [-0.2, -0.15) is 0 Å². The first-order chi connectivity index (χ1) is 10.6. The number of morpholine rings is 1. The highest BCUT2D eigenvalue weighted by molar-refractivity contribution is 5.76. The average molecular weight is 310 g/mol. The van der Waals surface area contributed by atoms with E-state index in [1.807, 2.05) is 6.92 Å². The van der Waals surface area contributed by atoms with E-state index in [0.717, 1.165) is 0 Å². The third-order valence-corrected chi connectivity index (χ3v) is 3.76. The largest absolute Gasteiger partial charge is 0.387 e. The number of halogens is 1. The van der Waals surface area contributed by atoms with E-state index in [0.29, 0.717) is 44.8 Å². The molecule has 122 valence electrons. The van der Waals surface area contributed by atoms with E-state index >= 15 is 0 Å². The van der Waals surface area contributed by atoms with Crippen molar-refractivity contribution < 1.29 is 19.0 Å². The molecule has 2 atom stereocenters. The summed E-state index contributed by atoms with van der Waals surface area (Å²) in [7, 11) is 0. The molecule has 1 aromatic rings. The Morgan fingerprint density at radius 3 is 2.64 bits per heavy atom.